The first kappa shape index (κ1) is 9.85. The maximum atomic E-state index is 9.66. The highest BCUT2D eigenvalue weighted by atomic mass is 16.3. The summed E-state index contributed by atoms with van der Waals surface area (Å²) in [5.74, 6) is 0.413. The molecule has 0 saturated carbocycles. The summed E-state index contributed by atoms with van der Waals surface area (Å²) < 4.78 is 0. The van der Waals surface area contributed by atoms with E-state index in [-0.39, 0.29) is 0 Å². The summed E-state index contributed by atoms with van der Waals surface area (Å²) >= 11 is 0. The third kappa shape index (κ3) is 2.11. The number of hydrogen-bond donors (Lipinski definition) is 1. The van der Waals surface area contributed by atoms with E-state index in [0.29, 0.717) is 5.75 Å². The molecule has 0 spiro atoms. The fourth-order valence-corrected chi connectivity index (χ4v) is 1.54. The van der Waals surface area contributed by atoms with Gasteiger partial charge in [0.2, 0.25) is 0 Å². The van der Waals surface area contributed by atoms with Crippen LogP contribution >= 0.6 is 0 Å². The average molecular weight is 176 g/mol. The summed E-state index contributed by atoms with van der Waals surface area (Å²) in [7, 11) is 0. The van der Waals surface area contributed by atoms with Gasteiger partial charge in [-0.25, -0.2) is 0 Å². The van der Waals surface area contributed by atoms with Gasteiger partial charge in [-0.05, 0) is 37.5 Å². The molecule has 1 heteroatoms. The average Bonchev–Trinajstić information content (AvgIpc) is 2.04. The number of hydrogen-bond acceptors (Lipinski definition) is 1. The van der Waals surface area contributed by atoms with Crippen LogP contribution in [-0.2, 0) is 6.42 Å². The number of phenolic OH excluding ortho intramolecular Hbond substituents is 1. The number of aromatic hydroxyl groups is 1. The third-order valence-corrected chi connectivity index (χ3v) is 2.10. The molecule has 0 aliphatic carbocycles. The smallest absolute Gasteiger partial charge is 0.119 e. The van der Waals surface area contributed by atoms with E-state index >= 15 is 0 Å². The van der Waals surface area contributed by atoms with Gasteiger partial charge in [-0.15, -0.1) is 0 Å². The lowest BCUT2D eigenvalue weighted by molar-refractivity contribution is 0.468. The van der Waals surface area contributed by atoms with Gasteiger partial charge in [-0.3, -0.25) is 0 Å². The molecule has 0 amide bonds. The molecule has 70 valence electrons. The van der Waals surface area contributed by atoms with Gasteiger partial charge in [-0.2, -0.15) is 0 Å². The Morgan fingerprint density at radius 1 is 1.38 bits per heavy atom. The molecule has 0 fully saturated rings. The predicted molar refractivity (Wildman–Crippen MR) is 56.9 cm³/mol. The molecule has 0 aromatic heterocycles. The van der Waals surface area contributed by atoms with Crippen LogP contribution in [0, 0.1) is 6.92 Å². The second-order valence-corrected chi connectivity index (χ2v) is 3.21. The van der Waals surface area contributed by atoms with Crippen molar-refractivity contribution in [2.24, 2.45) is 0 Å². The largest absolute Gasteiger partial charge is 0.508 e. The van der Waals surface area contributed by atoms with Gasteiger partial charge in [0.05, 0.1) is 0 Å². The highest BCUT2D eigenvalue weighted by Gasteiger charge is 2.04. The fourth-order valence-electron chi connectivity index (χ4n) is 1.54. The summed E-state index contributed by atoms with van der Waals surface area (Å²) in [6.07, 6.45) is 4.89. The molecule has 0 saturated heterocycles. The Balaban J connectivity index is 3.29. The minimum Gasteiger partial charge on any atom is -0.508 e. The van der Waals surface area contributed by atoms with Crippen molar-refractivity contribution in [1.29, 1.82) is 0 Å². The van der Waals surface area contributed by atoms with Gasteiger partial charge >= 0.3 is 0 Å². The van der Waals surface area contributed by atoms with E-state index in [4.69, 9.17) is 0 Å². The van der Waals surface area contributed by atoms with Crippen LogP contribution < -0.4 is 0 Å². The molecule has 0 heterocycles. The Morgan fingerprint density at radius 2 is 2.08 bits per heavy atom. The first-order valence-electron chi connectivity index (χ1n) is 4.64. The molecule has 1 N–H and O–H groups in total. The van der Waals surface area contributed by atoms with Crippen LogP contribution in [0.2, 0.25) is 0 Å². The van der Waals surface area contributed by atoms with Crippen molar-refractivity contribution in [1.82, 2.24) is 0 Å². The maximum absolute atomic E-state index is 9.66. The Bertz CT molecular complexity index is 324. The number of allylic oxidation sites excluding steroid dienone is 1. The van der Waals surface area contributed by atoms with E-state index < -0.39 is 0 Å². The standard InChI is InChI=1S/C12H16O/c1-4-6-10-7-9(3)8-12(13)11(10)5-2/h4,6-8,13H,5H2,1-3H3/b6-4-. The van der Waals surface area contributed by atoms with Crippen molar-refractivity contribution in [3.8, 4) is 5.75 Å². The van der Waals surface area contributed by atoms with E-state index in [1.165, 1.54) is 0 Å². The van der Waals surface area contributed by atoms with Crippen molar-refractivity contribution < 1.29 is 5.11 Å². The number of benzene rings is 1. The van der Waals surface area contributed by atoms with Crippen LogP contribution in [0.5, 0.6) is 5.75 Å². The van der Waals surface area contributed by atoms with Gasteiger partial charge in [0.1, 0.15) is 5.75 Å². The molecular formula is C12H16O. The highest BCUT2D eigenvalue weighted by molar-refractivity contribution is 5.59. The second-order valence-electron chi connectivity index (χ2n) is 3.21. The predicted octanol–water partition coefficient (Wildman–Crippen LogP) is 3.30. The molecule has 1 aromatic rings. The molecule has 0 aliphatic heterocycles. The summed E-state index contributed by atoms with van der Waals surface area (Å²) in [5, 5.41) is 9.66. The monoisotopic (exact) mass is 176 g/mol. The summed E-state index contributed by atoms with van der Waals surface area (Å²) in [6.45, 7) is 6.03. The van der Waals surface area contributed by atoms with Crippen LogP contribution in [0.1, 0.15) is 30.5 Å². The van der Waals surface area contributed by atoms with E-state index in [9.17, 15) is 5.11 Å². The topological polar surface area (TPSA) is 20.2 Å². The third-order valence-electron chi connectivity index (χ3n) is 2.10. The van der Waals surface area contributed by atoms with Gasteiger partial charge < -0.3 is 5.11 Å². The number of aryl methyl sites for hydroxylation is 1. The molecule has 0 bridgehead atoms. The van der Waals surface area contributed by atoms with Crippen LogP contribution in [-0.4, -0.2) is 5.11 Å². The minimum atomic E-state index is 0.413. The van der Waals surface area contributed by atoms with E-state index in [1.807, 2.05) is 32.1 Å². The number of phenols is 1. The molecule has 1 nitrogen and oxygen atoms in total. The lowest BCUT2D eigenvalue weighted by Crippen LogP contribution is -1.88. The second kappa shape index (κ2) is 4.13. The Morgan fingerprint density at radius 3 is 2.62 bits per heavy atom. The quantitative estimate of drug-likeness (QED) is 0.733. The highest BCUT2D eigenvalue weighted by Crippen LogP contribution is 2.24. The van der Waals surface area contributed by atoms with E-state index in [0.717, 1.165) is 23.1 Å². The van der Waals surface area contributed by atoms with Crippen LogP contribution in [0.4, 0.5) is 0 Å². The Labute approximate surface area is 79.7 Å². The summed E-state index contributed by atoms with van der Waals surface area (Å²) in [6, 6.07) is 3.91. The molecule has 1 rings (SSSR count). The molecule has 0 unspecified atom stereocenters. The van der Waals surface area contributed by atoms with Crippen molar-refractivity contribution in [2.75, 3.05) is 0 Å². The van der Waals surface area contributed by atoms with Gasteiger partial charge in [0.15, 0.2) is 0 Å². The van der Waals surface area contributed by atoms with E-state index in [1.54, 1.807) is 0 Å². The van der Waals surface area contributed by atoms with Crippen molar-refractivity contribution in [3.63, 3.8) is 0 Å². The first-order chi connectivity index (χ1) is 6.19. The minimum absolute atomic E-state index is 0.413. The van der Waals surface area contributed by atoms with Crippen LogP contribution in [0.3, 0.4) is 0 Å². The van der Waals surface area contributed by atoms with E-state index in [2.05, 4.69) is 13.0 Å². The zero-order chi connectivity index (χ0) is 9.84. The summed E-state index contributed by atoms with van der Waals surface area (Å²) in [5.41, 5.74) is 3.26. The molecule has 0 aliphatic rings. The van der Waals surface area contributed by atoms with Gasteiger partial charge in [0.25, 0.3) is 0 Å². The lowest BCUT2D eigenvalue weighted by atomic mass is 10.0. The van der Waals surface area contributed by atoms with Gasteiger partial charge in [0, 0.05) is 5.56 Å². The lowest BCUT2D eigenvalue weighted by Gasteiger charge is -2.07. The summed E-state index contributed by atoms with van der Waals surface area (Å²) in [4.78, 5) is 0. The van der Waals surface area contributed by atoms with Crippen molar-refractivity contribution in [3.05, 3.63) is 34.9 Å². The zero-order valence-corrected chi connectivity index (χ0v) is 8.46. The normalized spacial score (nSPS) is 11.0. The fraction of sp³-hybridized carbons (Fsp3) is 0.333. The van der Waals surface area contributed by atoms with Crippen molar-refractivity contribution in [2.45, 2.75) is 27.2 Å². The van der Waals surface area contributed by atoms with Crippen LogP contribution in [0.15, 0.2) is 18.2 Å². The Hall–Kier alpha value is -1.24. The van der Waals surface area contributed by atoms with Crippen LogP contribution in [0.25, 0.3) is 6.08 Å². The molecule has 13 heavy (non-hydrogen) atoms. The zero-order valence-electron chi connectivity index (χ0n) is 8.46. The van der Waals surface area contributed by atoms with Gasteiger partial charge in [-0.1, -0.05) is 25.1 Å². The first-order valence-corrected chi connectivity index (χ1v) is 4.64. The SMILES string of the molecule is C/C=C\c1cc(C)cc(O)c1CC. The maximum Gasteiger partial charge on any atom is 0.119 e. The Kier molecular flexibility index (Phi) is 3.13. The number of rotatable bonds is 2. The molecule has 0 radical (unpaired) electrons. The molecular weight excluding hydrogens is 160 g/mol. The molecule has 0 atom stereocenters. The van der Waals surface area contributed by atoms with Crippen molar-refractivity contribution >= 4 is 6.08 Å². The molecule has 1 aromatic carbocycles.